The molecule has 0 atom stereocenters. The van der Waals surface area contributed by atoms with Gasteiger partial charge in [0.05, 0.1) is 19.2 Å². The number of fused-ring (bicyclic) bond motifs is 2. The van der Waals surface area contributed by atoms with Crippen molar-refractivity contribution in [2.24, 2.45) is 0 Å². The number of rotatable bonds is 4. The molecule has 0 unspecified atom stereocenters. The largest absolute Gasteiger partial charge is 0.497 e. The Morgan fingerprint density at radius 3 is 2.70 bits per heavy atom. The summed E-state index contributed by atoms with van der Waals surface area (Å²) in [6, 6.07) is 9.68. The molecule has 2 heterocycles. The first kappa shape index (κ1) is 20.2. The zero-order chi connectivity index (χ0) is 21.4. The summed E-state index contributed by atoms with van der Waals surface area (Å²) >= 11 is 0. The van der Waals surface area contributed by atoms with Crippen LogP contribution in [0.5, 0.6) is 5.75 Å². The smallest absolute Gasteiger partial charge is 0.238 e. The summed E-state index contributed by atoms with van der Waals surface area (Å²) in [5, 5.41) is 3.62. The summed E-state index contributed by atoms with van der Waals surface area (Å²) in [4.78, 5) is 31.3. The Bertz CT molecular complexity index is 1200. The van der Waals surface area contributed by atoms with E-state index in [0.29, 0.717) is 24.1 Å². The predicted molar refractivity (Wildman–Crippen MR) is 119 cm³/mol. The Kier molecular flexibility index (Phi) is 5.35. The van der Waals surface area contributed by atoms with Crippen molar-refractivity contribution in [3.05, 3.63) is 68.5 Å². The van der Waals surface area contributed by atoms with Crippen LogP contribution in [0.25, 0.3) is 10.9 Å². The predicted octanol–water partition coefficient (Wildman–Crippen LogP) is 3.46. The second-order valence-electron chi connectivity index (χ2n) is 8.11. The number of aromatic amines is 1. The summed E-state index contributed by atoms with van der Waals surface area (Å²) in [5.74, 6) is 0.603. The number of methoxy groups -OCH3 is 1. The van der Waals surface area contributed by atoms with E-state index in [1.807, 2.05) is 49.9 Å². The van der Waals surface area contributed by atoms with E-state index in [1.165, 1.54) is 0 Å². The summed E-state index contributed by atoms with van der Waals surface area (Å²) in [6.07, 6.45) is 0.711. The van der Waals surface area contributed by atoms with Gasteiger partial charge in [0.2, 0.25) is 5.91 Å². The number of hydrogen-bond donors (Lipinski definition) is 2. The first-order valence-electron chi connectivity index (χ1n) is 10.2. The van der Waals surface area contributed by atoms with E-state index >= 15 is 0 Å². The molecular formula is C24H27N3O3. The van der Waals surface area contributed by atoms with Crippen LogP contribution in [0.4, 0.5) is 5.69 Å². The standard InChI is InChI=1S/C24H27N3O3/c1-14-5-6-20(15(2)9-14)25-22(28)13-27-8-7-21-19(12-27)24(29)18-11-17(30-4)10-16(3)23(18)26-21/h5-6,9-11H,7-8,12-13H2,1-4H3,(H,25,28)(H,26,29). The van der Waals surface area contributed by atoms with Gasteiger partial charge in [0.15, 0.2) is 5.43 Å². The molecule has 0 saturated heterocycles. The number of benzene rings is 2. The highest BCUT2D eigenvalue weighted by Crippen LogP contribution is 2.25. The second-order valence-corrected chi connectivity index (χ2v) is 8.11. The molecule has 6 nitrogen and oxygen atoms in total. The van der Waals surface area contributed by atoms with E-state index < -0.39 is 0 Å². The third-order valence-electron chi connectivity index (χ3n) is 5.79. The van der Waals surface area contributed by atoms with Gasteiger partial charge in [-0.2, -0.15) is 0 Å². The van der Waals surface area contributed by atoms with Gasteiger partial charge in [0.25, 0.3) is 0 Å². The lowest BCUT2D eigenvalue weighted by molar-refractivity contribution is -0.117. The molecule has 1 amide bonds. The first-order valence-corrected chi connectivity index (χ1v) is 10.2. The maximum Gasteiger partial charge on any atom is 0.238 e. The fourth-order valence-electron chi connectivity index (χ4n) is 4.18. The SMILES string of the molecule is COc1cc(C)c2[nH]c3c(c(=O)c2c1)CN(CC(=O)Nc1ccc(C)cc1C)CC3. The summed E-state index contributed by atoms with van der Waals surface area (Å²) in [6.45, 7) is 7.42. The average molecular weight is 405 g/mol. The van der Waals surface area contributed by atoms with Crippen LogP contribution >= 0.6 is 0 Å². The molecule has 0 bridgehead atoms. The molecule has 4 rings (SSSR count). The van der Waals surface area contributed by atoms with Gasteiger partial charge >= 0.3 is 0 Å². The number of H-pyrrole nitrogens is 1. The van der Waals surface area contributed by atoms with Crippen LogP contribution in [0, 0.1) is 20.8 Å². The number of carbonyl (C=O) groups is 1. The highest BCUT2D eigenvalue weighted by atomic mass is 16.5. The Balaban J connectivity index is 1.55. The van der Waals surface area contributed by atoms with E-state index in [4.69, 9.17) is 4.74 Å². The normalized spacial score (nSPS) is 13.9. The van der Waals surface area contributed by atoms with Crippen molar-refractivity contribution in [1.29, 1.82) is 0 Å². The number of carbonyl (C=O) groups excluding carboxylic acids is 1. The van der Waals surface area contributed by atoms with Crippen LogP contribution in [-0.2, 0) is 17.8 Å². The minimum Gasteiger partial charge on any atom is -0.497 e. The van der Waals surface area contributed by atoms with Gasteiger partial charge in [-0.3, -0.25) is 14.5 Å². The van der Waals surface area contributed by atoms with E-state index in [9.17, 15) is 9.59 Å². The number of anilines is 1. The molecule has 1 aliphatic heterocycles. The second kappa shape index (κ2) is 7.95. The average Bonchev–Trinajstić information content (AvgIpc) is 2.71. The van der Waals surface area contributed by atoms with Gasteiger partial charge in [-0.1, -0.05) is 17.7 Å². The maximum atomic E-state index is 13.2. The molecule has 0 fully saturated rings. The summed E-state index contributed by atoms with van der Waals surface area (Å²) in [5.41, 5.74) is 6.60. The topological polar surface area (TPSA) is 74.4 Å². The lowest BCUT2D eigenvalue weighted by atomic mass is 10.0. The quantitative estimate of drug-likeness (QED) is 0.697. The minimum absolute atomic E-state index is 0.0141. The van der Waals surface area contributed by atoms with E-state index in [0.717, 1.165) is 45.7 Å². The molecule has 0 aliphatic carbocycles. The van der Waals surface area contributed by atoms with Gasteiger partial charge in [-0.25, -0.2) is 0 Å². The Hall–Kier alpha value is -3.12. The molecule has 2 N–H and O–H groups in total. The zero-order valence-electron chi connectivity index (χ0n) is 17.9. The van der Waals surface area contributed by atoms with Crippen LogP contribution in [0.2, 0.25) is 0 Å². The molecule has 0 saturated carbocycles. The number of hydrogen-bond acceptors (Lipinski definition) is 4. The number of aromatic nitrogens is 1. The molecule has 1 aliphatic rings. The van der Waals surface area contributed by atoms with Gasteiger partial charge in [0.1, 0.15) is 5.75 Å². The van der Waals surface area contributed by atoms with Crippen molar-refractivity contribution in [3.63, 3.8) is 0 Å². The van der Waals surface area contributed by atoms with E-state index in [2.05, 4.69) is 10.3 Å². The zero-order valence-corrected chi connectivity index (χ0v) is 17.9. The monoisotopic (exact) mass is 405 g/mol. The van der Waals surface area contributed by atoms with Gasteiger partial charge in [-0.15, -0.1) is 0 Å². The van der Waals surface area contributed by atoms with Crippen LogP contribution in [0.1, 0.15) is 27.9 Å². The van der Waals surface area contributed by atoms with E-state index in [1.54, 1.807) is 13.2 Å². The third-order valence-corrected chi connectivity index (χ3v) is 5.79. The van der Waals surface area contributed by atoms with Crippen molar-refractivity contribution >= 4 is 22.5 Å². The molecule has 156 valence electrons. The number of amides is 1. The molecule has 0 spiro atoms. The molecule has 1 aromatic heterocycles. The number of aryl methyl sites for hydroxylation is 3. The number of nitrogens with one attached hydrogen (secondary N) is 2. The van der Waals surface area contributed by atoms with Crippen molar-refractivity contribution in [2.45, 2.75) is 33.7 Å². The Morgan fingerprint density at radius 2 is 1.97 bits per heavy atom. The number of pyridine rings is 1. The molecule has 30 heavy (non-hydrogen) atoms. The molecular weight excluding hydrogens is 378 g/mol. The number of nitrogens with zero attached hydrogens (tertiary/aromatic N) is 1. The Morgan fingerprint density at radius 1 is 1.17 bits per heavy atom. The highest BCUT2D eigenvalue weighted by molar-refractivity contribution is 5.93. The van der Waals surface area contributed by atoms with Crippen LogP contribution < -0.4 is 15.5 Å². The van der Waals surface area contributed by atoms with Gasteiger partial charge in [-0.05, 0) is 50.1 Å². The molecule has 3 aromatic rings. The molecule has 0 radical (unpaired) electrons. The van der Waals surface area contributed by atoms with Crippen molar-refractivity contribution in [3.8, 4) is 5.75 Å². The number of ether oxygens (including phenoxy) is 1. The Labute approximate surface area is 175 Å². The van der Waals surface area contributed by atoms with Gasteiger partial charge < -0.3 is 15.0 Å². The van der Waals surface area contributed by atoms with Crippen LogP contribution in [-0.4, -0.2) is 36.0 Å². The van der Waals surface area contributed by atoms with Crippen LogP contribution in [0.3, 0.4) is 0 Å². The highest BCUT2D eigenvalue weighted by Gasteiger charge is 2.23. The summed E-state index contributed by atoms with van der Waals surface area (Å²) in [7, 11) is 1.60. The van der Waals surface area contributed by atoms with Crippen molar-refractivity contribution < 1.29 is 9.53 Å². The fourth-order valence-corrected chi connectivity index (χ4v) is 4.18. The minimum atomic E-state index is -0.0693. The van der Waals surface area contributed by atoms with Crippen molar-refractivity contribution in [2.75, 3.05) is 25.5 Å². The fraction of sp³-hybridized carbons (Fsp3) is 0.333. The third kappa shape index (κ3) is 3.83. The molecule has 2 aromatic carbocycles. The van der Waals surface area contributed by atoms with Crippen LogP contribution in [0.15, 0.2) is 35.1 Å². The van der Waals surface area contributed by atoms with E-state index in [-0.39, 0.29) is 17.9 Å². The first-order chi connectivity index (χ1) is 14.4. The lowest BCUT2D eigenvalue weighted by Gasteiger charge is -2.28. The molecule has 6 heteroatoms. The maximum absolute atomic E-state index is 13.2. The lowest BCUT2D eigenvalue weighted by Crippen LogP contribution is -2.39. The van der Waals surface area contributed by atoms with Gasteiger partial charge in [0, 0.05) is 41.8 Å². The van der Waals surface area contributed by atoms with Crippen molar-refractivity contribution in [1.82, 2.24) is 9.88 Å². The summed E-state index contributed by atoms with van der Waals surface area (Å²) < 4.78 is 5.33.